The molecule has 1 unspecified atom stereocenters. The summed E-state index contributed by atoms with van der Waals surface area (Å²) >= 11 is 0. The molecule has 1 heterocycles. The van der Waals surface area contributed by atoms with Crippen LogP contribution in [0.15, 0.2) is 29.3 Å². The Morgan fingerprint density at radius 3 is 2.39 bits per heavy atom. The summed E-state index contributed by atoms with van der Waals surface area (Å²) in [6.45, 7) is 6.13. The molecule has 1 aromatic carbocycles. The molecular weight excluding hydrogens is 403 g/mol. The highest BCUT2D eigenvalue weighted by Crippen LogP contribution is 2.26. The molecule has 1 aliphatic heterocycles. The van der Waals surface area contributed by atoms with E-state index in [9.17, 15) is 0 Å². The SMILES string of the molecule is CCNC(=NC)NCC(c1ccc(OC)cc1)N1CCCC1.I. The van der Waals surface area contributed by atoms with Crippen molar-refractivity contribution in [1.82, 2.24) is 15.5 Å². The summed E-state index contributed by atoms with van der Waals surface area (Å²) in [5, 5.41) is 6.69. The molecule has 6 heteroatoms. The monoisotopic (exact) mass is 432 g/mol. The van der Waals surface area contributed by atoms with Crippen LogP contribution in [0.3, 0.4) is 0 Å². The Morgan fingerprint density at radius 2 is 1.87 bits per heavy atom. The second kappa shape index (κ2) is 10.7. The molecule has 2 rings (SSSR count). The van der Waals surface area contributed by atoms with Gasteiger partial charge in [-0.05, 0) is 50.6 Å². The van der Waals surface area contributed by atoms with Crippen molar-refractivity contribution in [2.45, 2.75) is 25.8 Å². The zero-order chi connectivity index (χ0) is 15.8. The van der Waals surface area contributed by atoms with Crippen LogP contribution >= 0.6 is 24.0 Å². The average Bonchev–Trinajstić information content (AvgIpc) is 3.09. The van der Waals surface area contributed by atoms with E-state index in [0.29, 0.717) is 6.04 Å². The molecule has 0 aliphatic carbocycles. The first kappa shape index (κ1) is 20.0. The van der Waals surface area contributed by atoms with Gasteiger partial charge in [-0.3, -0.25) is 9.89 Å². The summed E-state index contributed by atoms with van der Waals surface area (Å²) < 4.78 is 5.26. The topological polar surface area (TPSA) is 48.9 Å². The quantitative estimate of drug-likeness (QED) is 0.412. The molecule has 23 heavy (non-hydrogen) atoms. The summed E-state index contributed by atoms with van der Waals surface area (Å²) in [6, 6.07) is 8.78. The van der Waals surface area contributed by atoms with Crippen molar-refractivity contribution in [3.63, 3.8) is 0 Å². The molecule has 1 aromatic rings. The standard InChI is InChI=1S/C17H28N4O.HI/c1-4-19-17(18-2)20-13-16(21-11-5-6-12-21)14-7-9-15(22-3)10-8-14;/h7-10,16H,4-6,11-13H2,1-3H3,(H2,18,19,20);1H. The lowest BCUT2D eigenvalue weighted by molar-refractivity contribution is 0.245. The van der Waals surface area contributed by atoms with Gasteiger partial charge in [-0.25, -0.2) is 0 Å². The number of hydrogen-bond donors (Lipinski definition) is 2. The number of ether oxygens (including phenoxy) is 1. The first-order valence-electron chi connectivity index (χ1n) is 8.11. The third kappa shape index (κ3) is 5.84. The number of nitrogens with one attached hydrogen (secondary N) is 2. The maximum atomic E-state index is 5.26. The van der Waals surface area contributed by atoms with Gasteiger partial charge >= 0.3 is 0 Å². The van der Waals surface area contributed by atoms with E-state index in [-0.39, 0.29) is 24.0 Å². The van der Waals surface area contributed by atoms with Crippen LogP contribution in [0.1, 0.15) is 31.4 Å². The van der Waals surface area contributed by atoms with E-state index in [2.05, 4.69) is 39.6 Å². The molecule has 1 aliphatic rings. The lowest BCUT2D eigenvalue weighted by Crippen LogP contribution is -2.42. The summed E-state index contributed by atoms with van der Waals surface area (Å²) in [6.07, 6.45) is 2.57. The summed E-state index contributed by atoms with van der Waals surface area (Å²) in [7, 11) is 3.51. The van der Waals surface area contributed by atoms with Crippen LogP contribution in [0.25, 0.3) is 0 Å². The Morgan fingerprint density at radius 1 is 1.22 bits per heavy atom. The largest absolute Gasteiger partial charge is 0.497 e. The van der Waals surface area contributed by atoms with E-state index in [1.54, 1.807) is 7.11 Å². The normalized spacial score (nSPS) is 16.6. The van der Waals surface area contributed by atoms with E-state index in [0.717, 1.165) is 37.9 Å². The number of likely N-dealkylation sites (tertiary alicyclic amines) is 1. The Balaban J connectivity index is 0.00000264. The molecule has 1 saturated heterocycles. The van der Waals surface area contributed by atoms with Crippen molar-refractivity contribution in [2.75, 3.05) is 40.3 Å². The second-order valence-electron chi connectivity index (χ2n) is 5.52. The average molecular weight is 432 g/mol. The first-order chi connectivity index (χ1) is 10.8. The fraction of sp³-hybridized carbons (Fsp3) is 0.588. The molecule has 0 radical (unpaired) electrons. The van der Waals surface area contributed by atoms with Crippen LogP contribution in [-0.2, 0) is 0 Å². The molecule has 0 spiro atoms. The smallest absolute Gasteiger partial charge is 0.191 e. The molecule has 0 saturated carbocycles. The van der Waals surface area contributed by atoms with Crippen LogP contribution in [0.4, 0.5) is 0 Å². The Bertz CT molecular complexity index is 472. The van der Waals surface area contributed by atoms with Gasteiger partial charge in [-0.1, -0.05) is 12.1 Å². The third-order valence-electron chi connectivity index (χ3n) is 4.11. The number of nitrogens with zero attached hydrogens (tertiary/aromatic N) is 2. The third-order valence-corrected chi connectivity index (χ3v) is 4.11. The molecule has 0 aromatic heterocycles. The molecule has 5 nitrogen and oxygen atoms in total. The fourth-order valence-corrected chi connectivity index (χ4v) is 2.92. The highest BCUT2D eigenvalue weighted by molar-refractivity contribution is 14.0. The lowest BCUT2D eigenvalue weighted by atomic mass is 10.1. The van der Waals surface area contributed by atoms with E-state index in [4.69, 9.17) is 4.74 Å². The van der Waals surface area contributed by atoms with Crippen LogP contribution in [-0.4, -0.2) is 51.2 Å². The van der Waals surface area contributed by atoms with E-state index in [1.165, 1.54) is 18.4 Å². The van der Waals surface area contributed by atoms with Crippen molar-refractivity contribution < 1.29 is 4.74 Å². The fourth-order valence-electron chi connectivity index (χ4n) is 2.92. The predicted octanol–water partition coefficient (Wildman–Crippen LogP) is 2.64. The van der Waals surface area contributed by atoms with Crippen molar-refractivity contribution in [1.29, 1.82) is 0 Å². The van der Waals surface area contributed by atoms with Gasteiger partial charge in [-0.15, -0.1) is 24.0 Å². The summed E-state index contributed by atoms with van der Waals surface area (Å²) in [5.41, 5.74) is 1.32. The Hall–Kier alpha value is -1.02. The van der Waals surface area contributed by atoms with E-state index in [1.807, 2.05) is 19.2 Å². The molecule has 130 valence electrons. The highest BCUT2D eigenvalue weighted by Gasteiger charge is 2.23. The minimum absolute atomic E-state index is 0. The minimum atomic E-state index is 0. The van der Waals surface area contributed by atoms with Gasteiger partial charge in [0.25, 0.3) is 0 Å². The van der Waals surface area contributed by atoms with Crippen molar-refractivity contribution in [3.8, 4) is 5.75 Å². The molecular formula is C17H29IN4O. The van der Waals surface area contributed by atoms with Gasteiger partial charge < -0.3 is 15.4 Å². The summed E-state index contributed by atoms with van der Waals surface area (Å²) in [4.78, 5) is 6.80. The molecule has 1 atom stereocenters. The number of aliphatic imine (C=N–C) groups is 1. The van der Waals surface area contributed by atoms with Gasteiger partial charge in [0.1, 0.15) is 5.75 Å². The van der Waals surface area contributed by atoms with Crippen molar-refractivity contribution in [3.05, 3.63) is 29.8 Å². The van der Waals surface area contributed by atoms with Crippen LogP contribution < -0.4 is 15.4 Å². The van der Waals surface area contributed by atoms with Crippen molar-refractivity contribution >= 4 is 29.9 Å². The number of benzene rings is 1. The van der Waals surface area contributed by atoms with Gasteiger partial charge in [0, 0.05) is 20.1 Å². The number of guanidine groups is 1. The Kier molecular flexibility index (Phi) is 9.31. The Labute approximate surface area is 156 Å². The number of hydrogen-bond acceptors (Lipinski definition) is 3. The maximum Gasteiger partial charge on any atom is 0.191 e. The zero-order valence-corrected chi connectivity index (χ0v) is 16.7. The van der Waals surface area contributed by atoms with Gasteiger partial charge in [0.2, 0.25) is 0 Å². The summed E-state index contributed by atoms with van der Waals surface area (Å²) in [5.74, 6) is 1.76. The first-order valence-corrected chi connectivity index (χ1v) is 8.11. The van der Waals surface area contributed by atoms with Crippen LogP contribution in [0, 0.1) is 0 Å². The highest BCUT2D eigenvalue weighted by atomic mass is 127. The van der Waals surface area contributed by atoms with Gasteiger partial charge in [-0.2, -0.15) is 0 Å². The second-order valence-corrected chi connectivity index (χ2v) is 5.52. The molecule has 1 fully saturated rings. The number of methoxy groups -OCH3 is 1. The van der Waals surface area contributed by atoms with E-state index < -0.39 is 0 Å². The van der Waals surface area contributed by atoms with Crippen LogP contribution in [0.2, 0.25) is 0 Å². The van der Waals surface area contributed by atoms with Crippen molar-refractivity contribution in [2.24, 2.45) is 4.99 Å². The predicted molar refractivity (Wildman–Crippen MR) is 107 cm³/mol. The molecule has 2 N–H and O–H groups in total. The maximum absolute atomic E-state index is 5.26. The number of rotatable bonds is 6. The van der Waals surface area contributed by atoms with Crippen LogP contribution in [0.5, 0.6) is 5.75 Å². The van der Waals surface area contributed by atoms with E-state index >= 15 is 0 Å². The minimum Gasteiger partial charge on any atom is -0.497 e. The lowest BCUT2D eigenvalue weighted by Gasteiger charge is -2.29. The zero-order valence-electron chi connectivity index (χ0n) is 14.3. The van der Waals surface area contributed by atoms with Gasteiger partial charge in [0.15, 0.2) is 5.96 Å². The molecule has 0 amide bonds. The molecule has 0 bridgehead atoms. The van der Waals surface area contributed by atoms with Gasteiger partial charge in [0.05, 0.1) is 13.2 Å². The number of halogens is 1.